The molecule has 0 radical (unpaired) electrons. The first-order chi connectivity index (χ1) is 40.8. The third kappa shape index (κ3) is 9.13. The summed E-state index contributed by atoms with van der Waals surface area (Å²) in [7, 11) is 0. The van der Waals surface area contributed by atoms with Gasteiger partial charge in [-0.1, -0.05) is 207 Å². The van der Waals surface area contributed by atoms with E-state index in [1.807, 2.05) is 0 Å². The van der Waals surface area contributed by atoms with Crippen LogP contribution in [0.4, 0.5) is 45.5 Å². The standard InChI is InChI=1S/C80H78BN3O2/c1-76(2,3)50-25-33-55(34-26-50)82(56-35-27-51(28-36-56)77(4,5)6)58-39-40-60-63-46-62-64-47-65-59-23-19-20-24-70(59)86-75(65)74-73(64)81(84(69(62)48-72(63)85-71(60)45-58)57-37-29-52(30-38-57)78(7,8)9)66-44-54(80(13,14)15)32-42-68(66)83(74)67-41-31-53(79(10,11)12)43-61(67)49-21-17-16-18-22-49/h16-48H,1-15H3. The molecule has 86 heavy (non-hydrogen) atoms. The maximum atomic E-state index is 7.35. The van der Waals surface area contributed by atoms with E-state index in [1.165, 1.54) is 49.9 Å². The number of benzene rings is 10. The molecule has 0 aliphatic carbocycles. The molecular weight excluding hydrogens is 1050 g/mol. The summed E-state index contributed by atoms with van der Waals surface area (Å²) in [6.45, 7) is 34.2. The van der Waals surface area contributed by atoms with Crippen LogP contribution in [0.5, 0.6) is 0 Å². The van der Waals surface area contributed by atoms with E-state index in [-0.39, 0.29) is 33.9 Å². The van der Waals surface area contributed by atoms with Gasteiger partial charge in [-0.05, 0) is 162 Å². The molecule has 0 saturated heterocycles. The van der Waals surface area contributed by atoms with Crippen molar-refractivity contribution in [3.63, 3.8) is 0 Å². The van der Waals surface area contributed by atoms with Gasteiger partial charge >= 0.3 is 6.85 Å². The normalized spacial score (nSPS) is 13.7. The number of fused-ring (bicyclic) bond motifs is 11. The Kier molecular flexibility index (Phi) is 12.4. The van der Waals surface area contributed by atoms with Gasteiger partial charge in [-0.3, -0.25) is 0 Å². The molecule has 4 heterocycles. The summed E-state index contributed by atoms with van der Waals surface area (Å²) in [5, 5.41) is 4.31. The van der Waals surface area contributed by atoms with Crippen molar-refractivity contribution < 1.29 is 8.83 Å². The lowest BCUT2D eigenvalue weighted by atomic mass is 9.43. The van der Waals surface area contributed by atoms with Gasteiger partial charge in [-0.25, -0.2) is 0 Å². The van der Waals surface area contributed by atoms with Gasteiger partial charge in [-0.2, -0.15) is 0 Å². The zero-order chi connectivity index (χ0) is 60.1. The van der Waals surface area contributed by atoms with E-state index >= 15 is 0 Å². The number of nitrogens with zero attached hydrogens (tertiary/aromatic N) is 3. The zero-order valence-electron chi connectivity index (χ0n) is 52.8. The van der Waals surface area contributed by atoms with Crippen molar-refractivity contribution in [2.24, 2.45) is 0 Å². The maximum Gasteiger partial charge on any atom is 0.333 e. The van der Waals surface area contributed by atoms with Gasteiger partial charge in [0.05, 0.1) is 11.4 Å². The molecule has 428 valence electrons. The Morgan fingerprint density at radius 3 is 1.45 bits per heavy atom. The first-order valence-corrected chi connectivity index (χ1v) is 30.8. The van der Waals surface area contributed by atoms with Crippen LogP contribution in [0, 0.1) is 0 Å². The van der Waals surface area contributed by atoms with Crippen LogP contribution in [0.25, 0.3) is 66.1 Å². The van der Waals surface area contributed by atoms with Crippen LogP contribution in [-0.2, 0) is 27.1 Å². The average molecular weight is 1120 g/mol. The highest BCUT2D eigenvalue weighted by Gasteiger charge is 2.48. The highest BCUT2D eigenvalue weighted by Crippen LogP contribution is 2.54. The van der Waals surface area contributed by atoms with Crippen LogP contribution in [0.2, 0.25) is 0 Å². The van der Waals surface area contributed by atoms with Crippen LogP contribution in [0.15, 0.2) is 209 Å². The Bertz CT molecular complexity index is 4590. The lowest BCUT2D eigenvalue weighted by Crippen LogP contribution is -2.61. The van der Waals surface area contributed by atoms with Crippen LogP contribution in [0.3, 0.4) is 0 Å². The van der Waals surface area contributed by atoms with E-state index in [0.29, 0.717) is 0 Å². The number of para-hydroxylation sites is 1. The molecule has 0 N–H and O–H groups in total. The second-order valence-electron chi connectivity index (χ2n) is 29.5. The Morgan fingerprint density at radius 1 is 0.349 bits per heavy atom. The molecule has 0 atom stereocenters. The van der Waals surface area contributed by atoms with Gasteiger partial charge in [0.15, 0.2) is 5.58 Å². The van der Waals surface area contributed by atoms with Crippen molar-refractivity contribution in [2.45, 2.75) is 131 Å². The molecule has 2 aliphatic rings. The third-order valence-corrected chi connectivity index (χ3v) is 18.4. The Morgan fingerprint density at radius 2 is 0.849 bits per heavy atom. The van der Waals surface area contributed by atoms with Gasteiger partial charge < -0.3 is 23.4 Å². The summed E-state index contributed by atoms with van der Waals surface area (Å²) in [6, 6.07) is 75.5. The average Bonchev–Trinajstić information content (AvgIpc) is 1.11. The van der Waals surface area contributed by atoms with Crippen LogP contribution in [-0.4, -0.2) is 6.85 Å². The molecule has 0 fully saturated rings. The zero-order valence-corrected chi connectivity index (χ0v) is 52.8. The van der Waals surface area contributed by atoms with Gasteiger partial charge in [0.25, 0.3) is 0 Å². The molecule has 6 heteroatoms. The number of furan rings is 2. The summed E-state index contributed by atoms with van der Waals surface area (Å²) >= 11 is 0. The van der Waals surface area contributed by atoms with E-state index in [4.69, 9.17) is 8.83 Å². The van der Waals surface area contributed by atoms with Crippen molar-refractivity contribution in [2.75, 3.05) is 14.6 Å². The molecule has 14 rings (SSSR count). The summed E-state index contributed by atoms with van der Waals surface area (Å²) < 4.78 is 14.6. The van der Waals surface area contributed by atoms with Crippen molar-refractivity contribution in [3.8, 4) is 22.3 Å². The number of hydrogen-bond acceptors (Lipinski definition) is 5. The third-order valence-electron chi connectivity index (χ3n) is 18.4. The first-order valence-electron chi connectivity index (χ1n) is 30.8. The minimum atomic E-state index is -0.274. The highest BCUT2D eigenvalue weighted by atomic mass is 16.3. The largest absolute Gasteiger partial charge is 0.456 e. The Labute approximate surface area is 509 Å². The van der Waals surface area contributed by atoms with Crippen LogP contribution < -0.4 is 25.5 Å². The van der Waals surface area contributed by atoms with Crippen molar-refractivity contribution in [1.82, 2.24) is 0 Å². The lowest BCUT2D eigenvalue weighted by Gasteiger charge is -2.46. The van der Waals surface area contributed by atoms with E-state index < -0.39 is 0 Å². The van der Waals surface area contributed by atoms with Crippen LogP contribution >= 0.6 is 0 Å². The monoisotopic (exact) mass is 1120 g/mol. The summed E-state index contributed by atoms with van der Waals surface area (Å²) in [6.07, 6.45) is 0. The molecule has 12 aromatic rings. The fraction of sp³-hybridized carbons (Fsp3) is 0.250. The van der Waals surface area contributed by atoms with E-state index in [2.05, 4.69) is 319 Å². The van der Waals surface area contributed by atoms with Crippen molar-refractivity contribution in [3.05, 3.63) is 228 Å². The van der Waals surface area contributed by atoms with Crippen LogP contribution in [0.1, 0.15) is 132 Å². The van der Waals surface area contributed by atoms with E-state index in [0.717, 1.165) is 101 Å². The maximum absolute atomic E-state index is 7.35. The number of rotatable bonds is 6. The molecular formula is C80H78BN3O2. The molecule has 5 nitrogen and oxygen atoms in total. The minimum Gasteiger partial charge on any atom is -0.456 e. The summed E-state index contributed by atoms with van der Waals surface area (Å²) in [5.74, 6) is 0. The van der Waals surface area contributed by atoms with Gasteiger partial charge in [0.2, 0.25) is 0 Å². The van der Waals surface area contributed by atoms with E-state index in [1.54, 1.807) is 0 Å². The SMILES string of the molecule is CC(C)(C)c1ccc(N2B3c4cc(C(C)(C)C)ccc4N(c4ccc(C(C)(C)C)cc4-c4ccccc4)c4c3c(cc3c4oc4ccccc43)-c3cc4c(cc32)oc2cc(N(c3ccc(C(C)(C)C)cc3)c3ccc(C(C)(C)C)cc3)ccc24)cc1. The molecule has 10 aromatic carbocycles. The topological polar surface area (TPSA) is 36.0 Å². The van der Waals surface area contributed by atoms with Gasteiger partial charge in [0, 0.05) is 78.9 Å². The molecule has 0 saturated carbocycles. The first kappa shape index (κ1) is 55.2. The molecule has 0 unspecified atom stereocenters. The predicted molar refractivity (Wildman–Crippen MR) is 368 cm³/mol. The lowest BCUT2D eigenvalue weighted by molar-refractivity contribution is 0.590. The Balaban J connectivity index is 1.07. The Hall–Kier alpha value is -8.74. The predicted octanol–water partition coefficient (Wildman–Crippen LogP) is 21.8. The molecule has 0 spiro atoms. The molecule has 2 aliphatic heterocycles. The quantitative estimate of drug-likeness (QED) is 0.155. The smallest absolute Gasteiger partial charge is 0.333 e. The number of hydrogen-bond donors (Lipinski definition) is 0. The van der Waals surface area contributed by atoms with Crippen molar-refractivity contribution >= 4 is 107 Å². The fourth-order valence-electron chi connectivity index (χ4n) is 13.4. The van der Waals surface area contributed by atoms with Crippen molar-refractivity contribution in [1.29, 1.82) is 0 Å². The van der Waals surface area contributed by atoms with E-state index in [9.17, 15) is 0 Å². The second-order valence-corrected chi connectivity index (χ2v) is 29.5. The minimum absolute atomic E-state index is 0.0239. The number of anilines is 8. The molecule has 2 aromatic heterocycles. The molecule has 0 amide bonds. The summed E-state index contributed by atoms with van der Waals surface area (Å²) in [4.78, 5) is 7.55. The second kappa shape index (κ2) is 19.4. The molecule has 0 bridgehead atoms. The summed E-state index contributed by atoms with van der Waals surface area (Å²) in [5.41, 5.74) is 25.4. The van der Waals surface area contributed by atoms with Gasteiger partial charge in [0.1, 0.15) is 16.7 Å². The highest BCUT2D eigenvalue weighted by molar-refractivity contribution is 6.94. The fourth-order valence-corrected chi connectivity index (χ4v) is 13.4. The van der Waals surface area contributed by atoms with Gasteiger partial charge in [-0.15, -0.1) is 0 Å².